The van der Waals surface area contributed by atoms with Gasteiger partial charge >= 0.3 is 0 Å². The number of amides is 1. The number of aromatic nitrogens is 3. The summed E-state index contributed by atoms with van der Waals surface area (Å²) in [7, 11) is 0. The number of fused-ring (bicyclic) bond motifs is 1. The second kappa shape index (κ2) is 5.62. The van der Waals surface area contributed by atoms with Crippen molar-refractivity contribution < 1.29 is 4.79 Å². The van der Waals surface area contributed by atoms with Crippen LogP contribution >= 0.6 is 0 Å². The lowest BCUT2D eigenvalue weighted by Gasteiger charge is -2.24. The van der Waals surface area contributed by atoms with Crippen LogP contribution in [0.5, 0.6) is 0 Å². The monoisotopic (exact) mass is 334 g/mol. The summed E-state index contributed by atoms with van der Waals surface area (Å²) in [5.41, 5.74) is 2.72. The van der Waals surface area contributed by atoms with Crippen LogP contribution in [0.1, 0.15) is 42.4 Å². The Morgan fingerprint density at radius 1 is 1.00 bits per heavy atom. The highest BCUT2D eigenvalue weighted by molar-refractivity contribution is 5.94. The second-order valence-electron chi connectivity index (χ2n) is 7.45. The minimum atomic E-state index is -0.127. The SMILES string of the molecule is CC(C)(C)n1nc2c(c1-n1cccc1)CN(C(=O)c1ccccc1)C2. The van der Waals surface area contributed by atoms with Crippen molar-refractivity contribution in [2.45, 2.75) is 39.4 Å². The van der Waals surface area contributed by atoms with E-state index in [1.807, 2.05) is 59.8 Å². The Bertz CT molecular complexity index is 901. The molecule has 0 atom stereocenters. The predicted octanol–water partition coefficient (Wildman–Crippen LogP) is 3.58. The van der Waals surface area contributed by atoms with E-state index in [-0.39, 0.29) is 11.4 Å². The van der Waals surface area contributed by atoms with Crippen LogP contribution in [0, 0.1) is 0 Å². The fourth-order valence-electron chi connectivity index (χ4n) is 3.32. The summed E-state index contributed by atoms with van der Waals surface area (Å²) < 4.78 is 4.16. The number of rotatable bonds is 2. The summed E-state index contributed by atoms with van der Waals surface area (Å²) in [6.07, 6.45) is 4.06. The zero-order valence-corrected chi connectivity index (χ0v) is 14.8. The van der Waals surface area contributed by atoms with Crippen molar-refractivity contribution in [3.05, 3.63) is 71.7 Å². The minimum Gasteiger partial charge on any atom is -0.328 e. The average Bonchev–Trinajstić information content (AvgIpc) is 3.29. The summed E-state index contributed by atoms with van der Waals surface area (Å²) in [5.74, 6) is 1.11. The van der Waals surface area contributed by atoms with Gasteiger partial charge in [-0.1, -0.05) is 18.2 Å². The lowest BCUT2D eigenvalue weighted by Crippen LogP contribution is -2.29. The summed E-state index contributed by atoms with van der Waals surface area (Å²) in [6.45, 7) is 7.59. The van der Waals surface area contributed by atoms with Gasteiger partial charge in [-0.25, -0.2) is 4.68 Å². The molecule has 4 rings (SSSR count). The molecule has 25 heavy (non-hydrogen) atoms. The van der Waals surface area contributed by atoms with E-state index >= 15 is 0 Å². The molecule has 0 spiro atoms. The highest BCUT2D eigenvalue weighted by Crippen LogP contribution is 2.32. The van der Waals surface area contributed by atoms with E-state index in [1.54, 1.807) is 0 Å². The molecule has 0 fully saturated rings. The Kier molecular flexibility index (Phi) is 3.53. The fraction of sp³-hybridized carbons (Fsp3) is 0.300. The summed E-state index contributed by atoms with van der Waals surface area (Å²) in [4.78, 5) is 14.6. The van der Waals surface area contributed by atoms with Gasteiger partial charge in [-0.2, -0.15) is 5.10 Å². The standard InChI is InChI=1S/C20H22N4O/c1-20(2,3)24-18(22-11-7-8-12-22)16-13-23(14-17(16)21-24)19(25)15-9-5-4-6-10-15/h4-12H,13-14H2,1-3H3. The zero-order chi connectivity index (χ0) is 17.6. The van der Waals surface area contributed by atoms with E-state index in [4.69, 9.17) is 5.10 Å². The first-order valence-electron chi connectivity index (χ1n) is 8.54. The largest absolute Gasteiger partial charge is 0.328 e. The van der Waals surface area contributed by atoms with Gasteiger partial charge in [-0.05, 0) is 45.0 Å². The molecule has 0 saturated heterocycles. The molecule has 1 aliphatic heterocycles. The Morgan fingerprint density at radius 2 is 1.68 bits per heavy atom. The number of carbonyl (C=O) groups is 1. The number of hydrogen-bond donors (Lipinski definition) is 0. The van der Waals surface area contributed by atoms with Gasteiger partial charge in [0.25, 0.3) is 5.91 Å². The van der Waals surface area contributed by atoms with Crippen molar-refractivity contribution >= 4 is 5.91 Å². The third kappa shape index (κ3) is 2.65. The molecule has 0 unspecified atom stereocenters. The van der Waals surface area contributed by atoms with Crippen molar-refractivity contribution in [1.82, 2.24) is 19.2 Å². The Balaban J connectivity index is 1.72. The van der Waals surface area contributed by atoms with Crippen molar-refractivity contribution in [3.8, 4) is 5.82 Å². The average molecular weight is 334 g/mol. The summed E-state index contributed by atoms with van der Waals surface area (Å²) in [5, 5.41) is 4.85. The molecule has 5 heteroatoms. The lowest BCUT2D eigenvalue weighted by molar-refractivity contribution is 0.0748. The summed E-state index contributed by atoms with van der Waals surface area (Å²) >= 11 is 0. The zero-order valence-electron chi connectivity index (χ0n) is 14.8. The molecule has 3 aromatic rings. The quantitative estimate of drug-likeness (QED) is 0.719. The topological polar surface area (TPSA) is 43.1 Å². The van der Waals surface area contributed by atoms with Crippen molar-refractivity contribution in [2.75, 3.05) is 0 Å². The molecule has 3 heterocycles. The first-order chi connectivity index (χ1) is 11.9. The Labute approximate surface area is 147 Å². The van der Waals surface area contributed by atoms with Crippen LogP contribution in [0.25, 0.3) is 5.82 Å². The van der Waals surface area contributed by atoms with E-state index in [0.29, 0.717) is 13.1 Å². The van der Waals surface area contributed by atoms with Crippen LogP contribution in [0.3, 0.4) is 0 Å². The van der Waals surface area contributed by atoms with Crippen LogP contribution in [0.15, 0.2) is 54.9 Å². The van der Waals surface area contributed by atoms with Gasteiger partial charge in [0.05, 0.1) is 24.3 Å². The maximum absolute atomic E-state index is 12.8. The Morgan fingerprint density at radius 3 is 2.32 bits per heavy atom. The third-order valence-electron chi connectivity index (χ3n) is 4.52. The van der Waals surface area contributed by atoms with Gasteiger partial charge in [0.1, 0.15) is 5.82 Å². The number of carbonyl (C=O) groups excluding carboxylic acids is 1. The van der Waals surface area contributed by atoms with Crippen molar-refractivity contribution in [2.24, 2.45) is 0 Å². The maximum Gasteiger partial charge on any atom is 0.254 e. The van der Waals surface area contributed by atoms with E-state index in [9.17, 15) is 4.79 Å². The molecule has 1 aliphatic rings. The number of benzene rings is 1. The first kappa shape index (κ1) is 15.7. The number of hydrogen-bond acceptors (Lipinski definition) is 2. The third-order valence-corrected chi connectivity index (χ3v) is 4.52. The lowest BCUT2D eigenvalue weighted by atomic mass is 10.1. The molecule has 0 saturated carbocycles. The smallest absolute Gasteiger partial charge is 0.254 e. The van der Waals surface area contributed by atoms with Gasteiger partial charge in [-0.3, -0.25) is 4.79 Å². The van der Waals surface area contributed by atoms with Crippen LogP contribution in [-0.4, -0.2) is 25.2 Å². The normalized spacial score (nSPS) is 14.0. The molecule has 0 N–H and O–H groups in total. The Hall–Kier alpha value is -2.82. The van der Waals surface area contributed by atoms with Gasteiger partial charge in [0, 0.05) is 23.5 Å². The van der Waals surface area contributed by atoms with Gasteiger partial charge in [-0.15, -0.1) is 0 Å². The molecule has 5 nitrogen and oxygen atoms in total. The van der Waals surface area contributed by atoms with Crippen molar-refractivity contribution in [1.29, 1.82) is 0 Å². The molecule has 1 amide bonds. The highest BCUT2D eigenvalue weighted by Gasteiger charge is 2.33. The molecule has 0 bridgehead atoms. The van der Waals surface area contributed by atoms with Crippen molar-refractivity contribution in [3.63, 3.8) is 0 Å². The fourth-order valence-corrected chi connectivity index (χ4v) is 3.32. The van der Waals surface area contributed by atoms with Crippen LogP contribution < -0.4 is 0 Å². The molecule has 1 aromatic carbocycles. The van der Waals surface area contributed by atoms with Crippen LogP contribution in [-0.2, 0) is 18.6 Å². The first-order valence-corrected chi connectivity index (χ1v) is 8.54. The van der Waals surface area contributed by atoms with E-state index in [2.05, 4.69) is 30.0 Å². The molecule has 128 valence electrons. The summed E-state index contributed by atoms with van der Waals surface area (Å²) in [6, 6.07) is 13.5. The highest BCUT2D eigenvalue weighted by atomic mass is 16.2. The molecule has 2 aromatic heterocycles. The molecular formula is C20H22N4O. The predicted molar refractivity (Wildman–Crippen MR) is 96.6 cm³/mol. The second-order valence-corrected chi connectivity index (χ2v) is 7.45. The van der Waals surface area contributed by atoms with E-state index in [0.717, 1.165) is 22.6 Å². The van der Waals surface area contributed by atoms with E-state index < -0.39 is 0 Å². The van der Waals surface area contributed by atoms with Gasteiger partial charge < -0.3 is 9.47 Å². The molecule has 0 aliphatic carbocycles. The van der Waals surface area contributed by atoms with Gasteiger partial charge in [0.15, 0.2) is 0 Å². The van der Waals surface area contributed by atoms with E-state index in [1.165, 1.54) is 0 Å². The van der Waals surface area contributed by atoms with Crippen LogP contribution in [0.2, 0.25) is 0 Å². The maximum atomic E-state index is 12.8. The molecule has 0 radical (unpaired) electrons. The minimum absolute atomic E-state index is 0.0550. The van der Waals surface area contributed by atoms with Gasteiger partial charge in [0.2, 0.25) is 0 Å². The van der Waals surface area contributed by atoms with Crippen LogP contribution in [0.4, 0.5) is 0 Å². The number of nitrogens with zero attached hydrogens (tertiary/aromatic N) is 4. The molecular weight excluding hydrogens is 312 g/mol.